The molecular formula is C31H38ClFN8O. The normalized spacial score (nSPS) is 17.8. The standard InChI is InChI=1S/C31H38ClFN8O/c1-18(34)4-2-5-19-14-24(28(33)25(32)15-19)27-16-21-17-41(31(42)40-29(21)39-27)23-10-8-20(9-11-23)26-7-3-6-22(38-26)12-13-37-30(35)36/h8-11,14-18,22,26,38H,2-7,12-13,34H2,1H3,(H4,35,36,37)(H,39,40,42)/t18-,22-,26+/m0/s1. The van der Waals surface area contributed by atoms with Gasteiger partial charge in [-0.25, -0.2) is 9.18 Å². The predicted molar refractivity (Wildman–Crippen MR) is 167 cm³/mol. The molecule has 0 aliphatic carbocycles. The number of fused-ring (bicyclic) bond motifs is 1. The maximum absolute atomic E-state index is 15.1. The number of aromatic nitrogens is 3. The maximum atomic E-state index is 15.1. The van der Waals surface area contributed by atoms with Gasteiger partial charge in [-0.3, -0.25) is 9.98 Å². The fourth-order valence-electron chi connectivity index (χ4n) is 5.70. The predicted octanol–water partition coefficient (Wildman–Crippen LogP) is 4.90. The van der Waals surface area contributed by atoms with Crippen LogP contribution in [0.15, 0.2) is 53.5 Å². The first-order valence-corrected chi connectivity index (χ1v) is 14.9. The molecule has 2 aromatic carbocycles. The molecular weight excluding hydrogens is 555 g/mol. The second-order valence-corrected chi connectivity index (χ2v) is 11.7. The molecule has 0 unspecified atom stereocenters. The molecule has 8 N–H and O–H groups in total. The lowest BCUT2D eigenvalue weighted by molar-refractivity contribution is 0.312. The van der Waals surface area contributed by atoms with Gasteiger partial charge in [-0.05, 0) is 86.9 Å². The Hall–Kier alpha value is -3.73. The number of hydrogen-bond donors (Lipinski definition) is 6. The molecule has 222 valence electrons. The first-order valence-electron chi connectivity index (χ1n) is 14.5. The van der Waals surface area contributed by atoms with Crippen LogP contribution in [0.2, 0.25) is 5.02 Å². The Morgan fingerprint density at radius 3 is 2.79 bits per heavy atom. The zero-order chi connectivity index (χ0) is 29.8. The van der Waals surface area contributed by atoms with Gasteiger partial charge in [0.15, 0.2) is 11.8 Å². The van der Waals surface area contributed by atoms with E-state index in [0.717, 1.165) is 56.1 Å². The van der Waals surface area contributed by atoms with Crippen LogP contribution in [-0.4, -0.2) is 39.1 Å². The molecule has 0 spiro atoms. The lowest BCUT2D eigenvalue weighted by Crippen LogP contribution is -2.40. The van der Waals surface area contributed by atoms with Crippen molar-refractivity contribution in [3.8, 4) is 16.9 Å². The molecule has 4 aromatic rings. The molecule has 11 heteroatoms. The molecule has 1 fully saturated rings. The van der Waals surface area contributed by atoms with E-state index in [1.54, 1.807) is 24.4 Å². The first kappa shape index (κ1) is 29.8. The summed E-state index contributed by atoms with van der Waals surface area (Å²) in [5.41, 5.74) is 14.9. The van der Waals surface area contributed by atoms with Crippen LogP contribution in [-0.2, 0) is 6.42 Å². The summed E-state index contributed by atoms with van der Waals surface area (Å²) in [6, 6.07) is 13.8. The fraction of sp³-hybridized carbons (Fsp3) is 0.387. The van der Waals surface area contributed by atoms with Gasteiger partial charge < -0.3 is 27.1 Å². The summed E-state index contributed by atoms with van der Waals surface area (Å²) < 4.78 is 16.6. The van der Waals surface area contributed by atoms with Crippen LogP contribution >= 0.6 is 11.6 Å². The summed E-state index contributed by atoms with van der Waals surface area (Å²) in [6.07, 6.45) is 8.33. The summed E-state index contributed by atoms with van der Waals surface area (Å²) in [6.45, 7) is 2.63. The second-order valence-electron chi connectivity index (χ2n) is 11.3. The van der Waals surface area contributed by atoms with Gasteiger partial charge in [0.2, 0.25) is 0 Å². The molecule has 3 heterocycles. The van der Waals surface area contributed by atoms with Crippen molar-refractivity contribution in [2.24, 2.45) is 11.5 Å². The number of H-pyrrole nitrogens is 1. The lowest BCUT2D eigenvalue weighted by atomic mass is 9.92. The maximum Gasteiger partial charge on any atom is 0.354 e. The Labute approximate surface area is 249 Å². The van der Waals surface area contributed by atoms with E-state index in [1.165, 1.54) is 4.57 Å². The van der Waals surface area contributed by atoms with Crippen LogP contribution in [0.1, 0.15) is 62.6 Å². The largest absolute Gasteiger partial charge is 0.370 e. The first-order chi connectivity index (χ1) is 20.2. The van der Waals surface area contributed by atoms with Crippen molar-refractivity contribution < 1.29 is 4.39 Å². The number of nitrogens with one attached hydrogen (secondary N) is 4. The van der Waals surface area contributed by atoms with Crippen molar-refractivity contribution in [1.29, 1.82) is 5.41 Å². The van der Waals surface area contributed by atoms with Gasteiger partial charge in [-0.15, -0.1) is 0 Å². The number of halogens is 2. The van der Waals surface area contributed by atoms with Crippen molar-refractivity contribution in [1.82, 2.24) is 25.2 Å². The molecule has 3 atom stereocenters. The third-order valence-corrected chi connectivity index (χ3v) is 8.15. The van der Waals surface area contributed by atoms with Crippen LogP contribution in [0.3, 0.4) is 0 Å². The number of nitrogens with zero attached hydrogens (tertiary/aromatic N) is 2. The Kier molecular flexibility index (Phi) is 9.25. The van der Waals surface area contributed by atoms with E-state index in [1.807, 2.05) is 31.2 Å². The highest BCUT2D eigenvalue weighted by Gasteiger charge is 2.22. The van der Waals surface area contributed by atoms with E-state index < -0.39 is 11.5 Å². The highest BCUT2D eigenvalue weighted by molar-refractivity contribution is 6.31. The summed E-state index contributed by atoms with van der Waals surface area (Å²) in [5.74, 6) is -0.523. The Morgan fingerprint density at radius 2 is 2.05 bits per heavy atom. The van der Waals surface area contributed by atoms with Gasteiger partial charge in [0.25, 0.3) is 0 Å². The summed E-state index contributed by atoms with van der Waals surface area (Å²) in [4.78, 5) is 20.3. The SMILES string of the molecule is C[C@H](N)CCCc1cc(Cl)c(F)c(-c2cc3cn(-c4ccc([C@H]5CCC[C@@H](CCNC(=N)N)N5)cc4)c(=O)nc3[nH]2)c1. The molecule has 1 saturated heterocycles. The number of nitrogens with two attached hydrogens (primary N) is 2. The van der Waals surface area contributed by atoms with Gasteiger partial charge in [-0.2, -0.15) is 4.98 Å². The average Bonchev–Trinajstić information content (AvgIpc) is 3.37. The Balaban J connectivity index is 1.35. The molecule has 0 radical (unpaired) electrons. The van der Waals surface area contributed by atoms with E-state index in [-0.39, 0.29) is 23.1 Å². The van der Waals surface area contributed by atoms with Gasteiger partial charge in [0.1, 0.15) is 5.65 Å². The highest BCUT2D eigenvalue weighted by Crippen LogP contribution is 2.32. The van der Waals surface area contributed by atoms with Crippen LogP contribution in [0.4, 0.5) is 4.39 Å². The summed E-state index contributed by atoms with van der Waals surface area (Å²) in [5, 5.41) is 14.6. The zero-order valence-electron chi connectivity index (χ0n) is 23.7. The molecule has 9 nitrogen and oxygen atoms in total. The summed E-state index contributed by atoms with van der Waals surface area (Å²) in [7, 11) is 0. The monoisotopic (exact) mass is 592 g/mol. The highest BCUT2D eigenvalue weighted by atomic mass is 35.5. The average molecular weight is 593 g/mol. The third kappa shape index (κ3) is 7.00. The van der Waals surface area contributed by atoms with Gasteiger partial charge in [0.05, 0.1) is 16.4 Å². The number of aromatic amines is 1. The molecule has 0 bridgehead atoms. The van der Waals surface area contributed by atoms with Crippen LogP contribution < -0.4 is 27.8 Å². The smallest absolute Gasteiger partial charge is 0.354 e. The van der Waals surface area contributed by atoms with Crippen LogP contribution in [0.5, 0.6) is 0 Å². The summed E-state index contributed by atoms with van der Waals surface area (Å²) >= 11 is 6.25. The molecule has 2 aromatic heterocycles. The molecule has 5 rings (SSSR count). The van der Waals surface area contributed by atoms with Crippen LogP contribution in [0.25, 0.3) is 28.0 Å². The third-order valence-electron chi connectivity index (χ3n) is 7.88. The van der Waals surface area contributed by atoms with Crippen molar-refractivity contribution in [3.05, 3.63) is 81.1 Å². The van der Waals surface area contributed by atoms with Crippen molar-refractivity contribution in [2.45, 2.75) is 70.0 Å². The van der Waals surface area contributed by atoms with E-state index in [9.17, 15) is 4.79 Å². The van der Waals surface area contributed by atoms with E-state index in [2.05, 4.69) is 20.6 Å². The van der Waals surface area contributed by atoms with E-state index in [4.69, 9.17) is 28.5 Å². The Morgan fingerprint density at radius 1 is 1.26 bits per heavy atom. The Bertz CT molecular complexity index is 1610. The number of rotatable bonds is 10. The molecule has 0 saturated carbocycles. The second kappa shape index (κ2) is 13.1. The number of benzene rings is 2. The van der Waals surface area contributed by atoms with Crippen molar-refractivity contribution in [3.63, 3.8) is 0 Å². The molecule has 1 aliphatic heterocycles. The number of aryl methyl sites for hydroxylation is 1. The fourth-order valence-corrected chi connectivity index (χ4v) is 5.94. The minimum atomic E-state index is -0.515. The van der Waals surface area contributed by atoms with Gasteiger partial charge >= 0.3 is 5.69 Å². The lowest BCUT2D eigenvalue weighted by Gasteiger charge is -2.31. The molecule has 42 heavy (non-hydrogen) atoms. The van der Waals surface area contributed by atoms with Gasteiger partial charge in [0, 0.05) is 41.8 Å². The molecule has 0 amide bonds. The number of guanidine groups is 1. The van der Waals surface area contributed by atoms with E-state index >= 15 is 4.39 Å². The van der Waals surface area contributed by atoms with E-state index in [0.29, 0.717) is 40.6 Å². The van der Waals surface area contributed by atoms with Gasteiger partial charge in [-0.1, -0.05) is 30.2 Å². The zero-order valence-corrected chi connectivity index (χ0v) is 24.5. The van der Waals surface area contributed by atoms with Crippen LogP contribution in [0, 0.1) is 11.2 Å². The molecule has 1 aliphatic rings. The topological polar surface area (TPSA) is 151 Å². The van der Waals surface area contributed by atoms with Crippen molar-refractivity contribution in [2.75, 3.05) is 6.54 Å². The van der Waals surface area contributed by atoms with Crippen molar-refractivity contribution >= 4 is 28.6 Å². The quantitative estimate of drug-likeness (QED) is 0.114. The number of piperidine rings is 1. The number of hydrogen-bond acceptors (Lipinski definition) is 5. The minimum absolute atomic E-state index is 0.00809. The minimum Gasteiger partial charge on any atom is -0.370 e.